The van der Waals surface area contributed by atoms with Gasteiger partial charge in [-0.15, -0.1) is 6.58 Å². The van der Waals surface area contributed by atoms with Crippen LogP contribution in [0, 0.1) is 11.3 Å². The number of rotatable bonds is 8. The molecule has 108 valence electrons. The first-order valence-corrected chi connectivity index (χ1v) is 8.50. The molecule has 1 rings (SSSR count). The Balaban J connectivity index is 2.62. The van der Waals surface area contributed by atoms with Crippen molar-refractivity contribution in [3.8, 4) is 6.07 Å². The van der Waals surface area contributed by atoms with Crippen molar-refractivity contribution in [1.82, 2.24) is 4.90 Å². The largest absolute Gasteiger partial charge is 0.295 e. The maximum absolute atomic E-state index is 11.1. The molecular weight excluding hydrogens is 272 g/mol. The molecule has 0 saturated carbocycles. The molecule has 5 heteroatoms. The molecule has 0 bridgehead atoms. The number of sulfone groups is 1. The van der Waals surface area contributed by atoms with Crippen molar-refractivity contribution in [2.24, 2.45) is 0 Å². The summed E-state index contributed by atoms with van der Waals surface area (Å²) >= 11 is 0. The van der Waals surface area contributed by atoms with E-state index in [-0.39, 0.29) is 5.75 Å². The second-order valence-corrected chi connectivity index (χ2v) is 7.08. The lowest BCUT2D eigenvalue weighted by atomic mass is 10.1. The quantitative estimate of drug-likeness (QED) is 0.687. The molecule has 0 atom stereocenters. The van der Waals surface area contributed by atoms with Crippen LogP contribution in [-0.2, 0) is 16.4 Å². The van der Waals surface area contributed by atoms with Gasteiger partial charge in [0.05, 0.1) is 17.4 Å². The van der Waals surface area contributed by atoms with Crippen LogP contribution in [0.3, 0.4) is 0 Å². The van der Waals surface area contributed by atoms with E-state index in [0.717, 1.165) is 5.56 Å². The first kappa shape index (κ1) is 16.4. The van der Waals surface area contributed by atoms with E-state index in [0.29, 0.717) is 31.6 Å². The summed E-state index contributed by atoms with van der Waals surface area (Å²) in [6, 6.07) is 9.56. The standard InChI is InChI=1S/C15H20N2O2S/c1-3-8-17(9-5-10-20(2,18)19)13-15-7-4-6-14(11-15)12-16/h3-4,6-7,11H,1,5,8-10,13H2,2H3. The molecule has 1 aromatic rings. The monoisotopic (exact) mass is 292 g/mol. The topological polar surface area (TPSA) is 61.2 Å². The maximum Gasteiger partial charge on any atom is 0.147 e. The Morgan fingerprint density at radius 1 is 1.45 bits per heavy atom. The molecule has 0 aliphatic carbocycles. The van der Waals surface area contributed by atoms with Gasteiger partial charge in [-0.05, 0) is 30.7 Å². The molecule has 0 aliphatic heterocycles. The Morgan fingerprint density at radius 3 is 2.80 bits per heavy atom. The summed E-state index contributed by atoms with van der Waals surface area (Å²) in [7, 11) is -2.91. The minimum absolute atomic E-state index is 0.193. The molecule has 20 heavy (non-hydrogen) atoms. The lowest BCUT2D eigenvalue weighted by molar-refractivity contribution is 0.295. The van der Waals surface area contributed by atoms with Gasteiger partial charge >= 0.3 is 0 Å². The van der Waals surface area contributed by atoms with Crippen LogP contribution < -0.4 is 0 Å². The van der Waals surface area contributed by atoms with E-state index < -0.39 is 9.84 Å². The molecule has 0 heterocycles. The smallest absolute Gasteiger partial charge is 0.147 e. The molecular formula is C15H20N2O2S. The third-order valence-electron chi connectivity index (χ3n) is 2.84. The molecule has 4 nitrogen and oxygen atoms in total. The van der Waals surface area contributed by atoms with E-state index in [1.165, 1.54) is 6.26 Å². The highest BCUT2D eigenvalue weighted by Gasteiger charge is 2.07. The molecule has 0 unspecified atom stereocenters. The minimum atomic E-state index is -2.91. The highest BCUT2D eigenvalue weighted by Crippen LogP contribution is 2.08. The van der Waals surface area contributed by atoms with Crippen LogP contribution in [0.2, 0.25) is 0 Å². The molecule has 0 aromatic heterocycles. The van der Waals surface area contributed by atoms with Gasteiger partial charge < -0.3 is 0 Å². The molecule has 0 fully saturated rings. The molecule has 0 radical (unpaired) electrons. The van der Waals surface area contributed by atoms with Crippen molar-refractivity contribution < 1.29 is 8.42 Å². The summed E-state index contributed by atoms with van der Waals surface area (Å²) in [5.41, 5.74) is 1.68. The van der Waals surface area contributed by atoms with Gasteiger partial charge in [0, 0.05) is 19.3 Å². The number of nitrogens with zero attached hydrogens (tertiary/aromatic N) is 2. The Hall–Kier alpha value is -1.64. The van der Waals surface area contributed by atoms with Crippen molar-refractivity contribution >= 4 is 9.84 Å². The van der Waals surface area contributed by atoms with E-state index in [4.69, 9.17) is 5.26 Å². The Morgan fingerprint density at radius 2 is 2.20 bits per heavy atom. The van der Waals surface area contributed by atoms with Gasteiger partial charge in [-0.3, -0.25) is 4.90 Å². The fourth-order valence-corrected chi connectivity index (χ4v) is 2.62. The van der Waals surface area contributed by atoms with E-state index in [9.17, 15) is 8.42 Å². The number of nitriles is 1. The summed E-state index contributed by atoms with van der Waals surface area (Å²) in [6.07, 6.45) is 3.65. The lowest BCUT2D eigenvalue weighted by Crippen LogP contribution is -2.26. The third kappa shape index (κ3) is 6.50. The lowest BCUT2D eigenvalue weighted by Gasteiger charge is -2.20. The van der Waals surface area contributed by atoms with E-state index in [2.05, 4.69) is 17.5 Å². The van der Waals surface area contributed by atoms with Crippen LogP contribution in [0.5, 0.6) is 0 Å². The zero-order valence-electron chi connectivity index (χ0n) is 11.7. The SMILES string of the molecule is C=CCN(CCCS(C)(=O)=O)Cc1cccc(C#N)c1. The summed E-state index contributed by atoms with van der Waals surface area (Å²) in [6.45, 7) is 5.79. The van der Waals surface area contributed by atoms with Crippen LogP contribution in [0.25, 0.3) is 0 Å². The third-order valence-corrected chi connectivity index (χ3v) is 3.87. The first-order chi connectivity index (χ1) is 9.44. The van der Waals surface area contributed by atoms with Crippen LogP contribution in [0.4, 0.5) is 0 Å². The van der Waals surface area contributed by atoms with Gasteiger partial charge in [-0.2, -0.15) is 5.26 Å². The van der Waals surface area contributed by atoms with Gasteiger partial charge in [-0.1, -0.05) is 18.2 Å². The minimum Gasteiger partial charge on any atom is -0.295 e. The second kappa shape index (κ2) is 7.83. The summed E-state index contributed by atoms with van der Waals surface area (Å²) < 4.78 is 22.3. The van der Waals surface area contributed by atoms with Gasteiger partial charge in [-0.25, -0.2) is 8.42 Å². The zero-order valence-corrected chi connectivity index (χ0v) is 12.6. The average molecular weight is 292 g/mol. The summed E-state index contributed by atoms with van der Waals surface area (Å²) in [4.78, 5) is 2.12. The first-order valence-electron chi connectivity index (χ1n) is 6.44. The van der Waals surface area contributed by atoms with Crippen molar-refractivity contribution in [3.05, 3.63) is 48.0 Å². The molecule has 1 aromatic carbocycles. The van der Waals surface area contributed by atoms with Gasteiger partial charge in [0.15, 0.2) is 0 Å². The van der Waals surface area contributed by atoms with Crippen molar-refractivity contribution in [2.45, 2.75) is 13.0 Å². The van der Waals surface area contributed by atoms with Crippen molar-refractivity contribution in [2.75, 3.05) is 25.1 Å². The number of benzene rings is 1. The van der Waals surface area contributed by atoms with E-state index in [1.807, 2.05) is 18.2 Å². The normalized spacial score (nSPS) is 11.2. The highest BCUT2D eigenvalue weighted by molar-refractivity contribution is 7.90. The van der Waals surface area contributed by atoms with Gasteiger partial charge in [0.2, 0.25) is 0 Å². The Labute approximate surface area is 121 Å². The Bertz CT molecular complexity index is 588. The van der Waals surface area contributed by atoms with Crippen LogP contribution in [-0.4, -0.2) is 38.4 Å². The molecule has 0 aliphatic rings. The molecule has 0 amide bonds. The zero-order chi connectivity index (χ0) is 15.0. The van der Waals surface area contributed by atoms with Crippen LogP contribution in [0.1, 0.15) is 17.5 Å². The van der Waals surface area contributed by atoms with E-state index >= 15 is 0 Å². The molecule has 0 saturated heterocycles. The van der Waals surface area contributed by atoms with E-state index in [1.54, 1.807) is 12.1 Å². The van der Waals surface area contributed by atoms with Crippen LogP contribution >= 0.6 is 0 Å². The predicted molar refractivity (Wildman–Crippen MR) is 81.0 cm³/mol. The average Bonchev–Trinajstić information content (AvgIpc) is 2.37. The highest BCUT2D eigenvalue weighted by atomic mass is 32.2. The van der Waals surface area contributed by atoms with Gasteiger partial charge in [0.25, 0.3) is 0 Å². The molecule has 0 spiro atoms. The summed E-state index contributed by atoms with van der Waals surface area (Å²) in [5.74, 6) is 0.193. The second-order valence-electron chi connectivity index (χ2n) is 4.82. The fraction of sp³-hybridized carbons (Fsp3) is 0.400. The van der Waals surface area contributed by atoms with Crippen molar-refractivity contribution in [3.63, 3.8) is 0 Å². The van der Waals surface area contributed by atoms with Gasteiger partial charge in [0.1, 0.15) is 9.84 Å². The number of hydrogen-bond donors (Lipinski definition) is 0. The predicted octanol–water partition coefficient (Wildman–Crippen LogP) is 1.98. The summed E-state index contributed by atoms with van der Waals surface area (Å²) in [5, 5.41) is 8.88. The maximum atomic E-state index is 11.1. The van der Waals surface area contributed by atoms with Crippen molar-refractivity contribution in [1.29, 1.82) is 5.26 Å². The molecule has 0 N–H and O–H groups in total. The fourth-order valence-electron chi connectivity index (χ4n) is 1.97. The number of hydrogen-bond acceptors (Lipinski definition) is 4. The van der Waals surface area contributed by atoms with Crippen LogP contribution in [0.15, 0.2) is 36.9 Å². The Kier molecular flexibility index (Phi) is 6.43.